The number of fused-ring (bicyclic) bond motifs is 2. The molecule has 0 fully saturated rings. The zero-order valence-electron chi connectivity index (χ0n) is 20.6. The van der Waals surface area contributed by atoms with Crippen LogP contribution in [-0.2, 0) is 17.3 Å². The Hall–Kier alpha value is -2.60. The molecule has 0 amide bonds. The van der Waals surface area contributed by atoms with Gasteiger partial charge in [0, 0.05) is 0 Å². The fourth-order valence-corrected chi connectivity index (χ4v) is 4.29. The molecule has 0 aliphatic heterocycles. The monoisotopic (exact) mass is 410 g/mol. The van der Waals surface area contributed by atoms with Crippen LogP contribution >= 0.6 is 0 Å². The Bertz CT molecular complexity index is 1070. The quantitative estimate of drug-likeness (QED) is 0.274. The lowest BCUT2D eigenvalue weighted by molar-refractivity contribution is 0.577. The predicted octanol–water partition coefficient (Wildman–Crippen LogP) is 9.15. The predicted molar refractivity (Wildman–Crippen MR) is 139 cm³/mol. The molecule has 0 aliphatic carbocycles. The summed E-state index contributed by atoms with van der Waals surface area (Å²) in [5.74, 6) is 0. The van der Waals surface area contributed by atoms with Crippen molar-refractivity contribution in [2.45, 2.75) is 72.6 Å². The molecule has 0 heterocycles. The van der Waals surface area contributed by atoms with Crippen LogP contribution in [0.5, 0.6) is 0 Å². The van der Waals surface area contributed by atoms with E-state index >= 15 is 0 Å². The first kappa shape index (κ1) is 23.1. The maximum Gasteiger partial charge on any atom is -0.0132 e. The number of hydrogen-bond donors (Lipinski definition) is 0. The molecule has 0 nitrogen and oxygen atoms in total. The first-order valence-electron chi connectivity index (χ1n) is 11.5. The SMILES string of the molecule is CC(C)(C)c1ccc(C(C)(C)C)cc1.CCc1c2ccccc2c(C)c2ccccc12. The van der Waals surface area contributed by atoms with Crippen LogP contribution in [0, 0.1) is 6.92 Å². The van der Waals surface area contributed by atoms with E-state index in [0.29, 0.717) is 0 Å². The molecule has 0 aliphatic rings. The van der Waals surface area contributed by atoms with Crippen LogP contribution < -0.4 is 0 Å². The maximum absolute atomic E-state index is 2.25. The van der Waals surface area contributed by atoms with Gasteiger partial charge < -0.3 is 0 Å². The van der Waals surface area contributed by atoms with Gasteiger partial charge in [-0.2, -0.15) is 0 Å². The summed E-state index contributed by atoms with van der Waals surface area (Å²) in [6.45, 7) is 18.0. The minimum Gasteiger partial charge on any atom is -0.0616 e. The number of rotatable bonds is 1. The third kappa shape index (κ3) is 5.01. The molecule has 0 aromatic heterocycles. The van der Waals surface area contributed by atoms with Gasteiger partial charge in [-0.25, -0.2) is 0 Å². The average molecular weight is 411 g/mol. The molecule has 0 saturated heterocycles. The Morgan fingerprint density at radius 3 is 1.13 bits per heavy atom. The van der Waals surface area contributed by atoms with Crippen molar-refractivity contribution in [3.63, 3.8) is 0 Å². The highest BCUT2D eigenvalue weighted by atomic mass is 14.2. The molecule has 0 radical (unpaired) electrons. The molecular weight excluding hydrogens is 372 g/mol. The minimum atomic E-state index is 0.260. The van der Waals surface area contributed by atoms with Gasteiger partial charge in [-0.3, -0.25) is 0 Å². The summed E-state index contributed by atoms with van der Waals surface area (Å²) in [5, 5.41) is 5.60. The zero-order valence-corrected chi connectivity index (χ0v) is 20.6. The molecule has 0 N–H and O–H groups in total. The Kier molecular flexibility index (Phi) is 6.60. The third-order valence-corrected chi connectivity index (χ3v) is 6.28. The topological polar surface area (TPSA) is 0 Å². The highest BCUT2D eigenvalue weighted by Crippen LogP contribution is 2.32. The smallest absolute Gasteiger partial charge is 0.0132 e. The second kappa shape index (κ2) is 8.87. The molecule has 0 spiro atoms. The van der Waals surface area contributed by atoms with Crippen molar-refractivity contribution < 1.29 is 0 Å². The van der Waals surface area contributed by atoms with E-state index in [-0.39, 0.29) is 10.8 Å². The van der Waals surface area contributed by atoms with Crippen LogP contribution in [0.15, 0.2) is 72.8 Å². The van der Waals surface area contributed by atoms with Crippen LogP contribution in [0.3, 0.4) is 0 Å². The third-order valence-electron chi connectivity index (χ3n) is 6.28. The fraction of sp³-hybridized carbons (Fsp3) is 0.355. The van der Waals surface area contributed by atoms with Gasteiger partial charge in [0.05, 0.1) is 0 Å². The maximum atomic E-state index is 2.25. The highest BCUT2D eigenvalue weighted by Gasteiger charge is 2.16. The van der Waals surface area contributed by atoms with Gasteiger partial charge >= 0.3 is 0 Å². The molecule has 0 bridgehead atoms. The van der Waals surface area contributed by atoms with Crippen molar-refractivity contribution in [1.29, 1.82) is 0 Å². The standard InChI is InChI=1S/C17H16.C14H22/c1-3-13-16-10-6-4-8-14(16)12(2)15-9-5-7-11-17(13)15;1-13(2,3)11-7-9-12(10-8-11)14(4,5)6/h4-11H,3H2,1-2H3;7-10H,1-6H3. The lowest BCUT2D eigenvalue weighted by Crippen LogP contribution is -2.14. The van der Waals surface area contributed by atoms with Crippen molar-refractivity contribution in [2.75, 3.05) is 0 Å². The summed E-state index contributed by atoms with van der Waals surface area (Å²) in [4.78, 5) is 0. The van der Waals surface area contributed by atoms with Crippen LogP contribution in [0.2, 0.25) is 0 Å². The van der Waals surface area contributed by atoms with Gasteiger partial charge in [-0.15, -0.1) is 0 Å². The van der Waals surface area contributed by atoms with E-state index in [9.17, 15) is 0 Å². The normalized spacial score (nSPS) is 12.0. The molecule has 0 heteroatoms. The number of benzene rings is 4. The lowest BCUT2D eigenvalue weighted by atomic mass is 9.82. The highest BCUT2D eigenvalue weighted by molar-refractivity contribution is 6.05. The van der Waals surface area contributed by atoms with E-state index in [1.54, 1.807) is 0 Å². The Balaban J connectivity index is 0.000000180. The largest absolute Gasteiger partial charge is 0.0616 e. The number of aryl methyl sites for hydroxylation is 2. The molecule has 31 heavy (non-hydrogen) atoms. The van der Waals surface area contributed by atoms with E-state index in [1.807, 2.05) is 0 Å². The first-order valence-corrected chi connectivity index (χ1v) is 11.5. The summed E-state index contributed by atoms with van der Waals surface area (Å²) in [7, 11) is 0. The van der Waals surface area contributed by atoms with Crippen LogP contribution in [0.1, 0.15) is 70.7 Å². The van der Waals surface area contributed by atoms with Crippen LogP contribution in [-0.4, -0.2) is 0 Å². The Labute approximate surface area is 189 Å². The lowest BCUT2D eigenvalue weighted by Gasteiger charge is -2.23. The van der Waals surface area contributed by atoms with Crippen LogP contribution in [0.4, 0.5) is 0 Å². The van der Waals surface area contributed by atoms with Gasteiger partial charge in [-0.05, 0) is 68.0 Å². The molecule has 4 aromatic carbocycles. The summed E-state index contributed by atoms with van der Waals surface area (Å²) < 4.78 is 0. The molecule has 0 atom stereocenters. The molecule has 4 rings (SSSR count). The van der Waals surface area contributed by atoms with E-state index in [1.165, 1.54) is 43.8 Å². The summed E-state index contributed by atoms with van der Waals surface area (Å²) >= 11 is 0. The second-order valence-electron chi connectivity index (χ2n) is 10.6. The minimum absolute atomic E-state index is 0.260. The molecular formula is C31H38. The Morgan fingerprint density at radius 1 is 0.516 bits per heavy atom. The van der Waals surface area contributed by atoms with E-state index in [4.69, 9.17) is 0 Å². The van der Waals surface area contributed by atoms with Crippen molar-refractivity contribution >= 4 is 21.5 Å². The van der Waals surface area contributed by atoms with Crippen molar-refractivity contribution in [2.24, 2.45) is 0 Å². The molecule has 4 aromatic rings. The summed E-state index contributed by atoms with van der Waals surface area (Å²) in [6, 6.07) is 26.5. The summed E-state index contributed by atoms with van der Waals surface area (Å²) in [5.41, 5.74) is 6.21. The van der Waals surface area contributed by atoms with Gasteiger partial charge in [-0.1, -0.05) is 121 Å². The molecule has 162 valence electrons. The molecule has 0 unspecified atom stereocenters. The second-order valence-corrected chi connectivity index (χ2v) is 10.6. The van der Waals surface area contributed by atoms with E-state index in [0.717, 1.165) is 6.42 Å². The van der Waals surface area contributed by atoms with E-state index < -0.39 is 0 Å². The van der Waals surface area contributed by atoms with Gasteiger partial charge in [0.25, 0.3) is 0 Å². The van der Waals surface area contributed by atoms with Crippen LogP contribution in [0.25, 0.3) is 21.5 Å². The number of hydrogen-bond acceptors (Lipinski definition) is 0. The fourth-order valence-electron chi connectivity index (χ4n) is 4.29. The van der Waals surface area contributed by atoms with Gasteiger partial charge in [0.1, 0.15) is 0 Å². The first-order chi connectivity index (χ1) is 14.5. The van der Waals surface area contributed by atoms with Gasteiger partial charge in [0.15, 0.2) is 0 Å². The van der Waals surface area contributed by atoms with Crippen molar-refractivity contribution in [3.8, 4) is 0 Å². The van der Waals surface area contributed by atoms with Crippen molar-refractivity contribution in [1.82, 2.24) is 0 Å². The molecule has 0 saturated carbocycles. The average Bonchev–Trinajstić information content (AvgIpc) is 2.74. The Morgan fingerprint density at radius 2 is 0.839 bits per heavy atom. The van der Waals surface area contributed by atoms with Gasteiger partial charge in [0.2, 0.25) is 0 Å². The summed E-state index contributed by atoms with van der Waals surface area (Å²) in [6.07, 6.45) is 1.08. The van der Waals surface area contributed by atoms with E-state index in [2.05, 4.69) is 128 Å². The van der Waals surface area contributed by atoms with Crippen molar-refractivity contribution in [3.05, 3.63) is 95.1 Å². The zero-order chi connectivity index (χ0) is 22.8.